The summed E-state index contributed by atoms with van der Waals surface area (Å²) in [5.41, 5.74) is 2.14. The van der Waals surface area contributed by atoms with Crippen LogP contribution in [0.25, 0.3) is 21.8 Å². The fourth-order valence-electron chi connectivity index (χ4n) is 3.08. The molecule has 0 saturated carbocycles. The zero-order valence-electron chi connectivity index (χ0n) is 13.0. The third-order valence-corrected chi connectivity index (χ3v) is 6.75. The second kappa shape index (κ2) is 6.27. The zero-order valence-corrected chi connectivity index (χ0v) is 17.0. The molecule has 6 heteroatoms. The van der Waals surface area contributed by atoms with E-state index in [0.29, 0.717) is 11.0 Å². The molecule has 3 aromatic carbocycles. The van der Waals surface area contributed by atoms with Gasteiger partial charge in [0.05, 0.1) is 16.8 Å². The quantitative estimate of drug-likeness (QED) is 0.379. The Labute approximate surface area is 162 Å². The maximum absolute atomic E-state index is 13.2. The van der Waals surface area contributed by atoms with E-state index >= 15 is 0 Å². The van der Waals surface area contributed by atoms with Crippen molar-refractivity contribution in [2.75, 3.05) is 0 Å². The highest BCUT2D eigenvalue weighted by Crippen LogP contribution is 2.34. The summed E-state index contributed by atoms with van der Waals surface area (Å²) in [7, 11) is -3.56. The van der Waals surface area contributed by atoms with E-state index in [-0.39, 0.29) is 5.75 Å². The first kappa shape index (κ1) is 16.8. The van der Waals surface area contributed by atoms with Gasteiger partial charge in [0, 0.05) is 19.7 Å². The maximum atomic E-state index is 13.2. The number of aromatic nitrogens is 1. The fraction of sp³-hybridized carbons (Fsp3) is 0.0526. The predicted octanol–water partition coefficient (Wildman–Crippen LogP) is 5.70. The predicted molar refractivity (Wildman–Crippen MR) is 109 cm³/mol. The molecule has 0 amide bonds. The summed E-state index contributed by atoms with van der Waals surface area (Å²) in [6.07, 6.45) is 0. The molecule has 0 aliphatic rings. The van der Waals surface area contributed by atoms with Crippen LogP contribution in [0.1, 0.15) is 5.56 Å². The monoisotopic (exact) mass is 477 g/mol. The van der Waals surface area contributed by atoms with Crippen LogP contribution in [0, 0.1) is 0 Å². The number of rotatable bonds is 3. The van der Waals surface area contributed by atoms with E-state index in [1.807, 2.05) is 66.7 Å². The van der Waals surface area contributed by atoms with Crippen LogP contribution in [0.15, 0.2) is 75.7 Å². The number of halogens is 2. The maximum Gasteiger partial charge on any atom is 0.243 e. The summed E-state index contributed by atoms with van der Waals surface area (Å²) >= 11 is 6.96. The fourth-order valence-corrected chi connectivity index (χ4v) is 5.46. The Balaban J connectivity index is 2.02. The molecule has 0 unspecified atom stereocenters. The van der Waals surface area contributed by atoms with Gasteiger partial charge < -0.3 is 0 Å². The first-order chi connectivity index (χ1) is 12.0. The summed E-state index contributed by atoms with van der Waals surface area (Å²) in [5.74, 6) is -0.0428. The average molecular weight is 479 g/mol. The van der Waals surface area contributed by atoms with Crippen LogP contribution < -0.4 is 0 Å². The standard InChI is InChI=1S/C19H13Br2NO2S/c20-14-6-8-18-16(10-14)17-11-15(21)7-9-19(17)22(18)25(23,24)12-13-4-2-1-3-5-13/h1-11H,12H2. The van der Waals surface area contributed by atoms with Crippen molar-refractivity contribution < 1.29 is 8.42 Å². The van der Waals surface area contributed by atoms with Gasteiger partial charge in [0.2, 0.25) is 10.0 Å². The lowest BCUT2D eigenvalue weighted by Gasteiger charge is -2.09. The summed E-state index contributed by atoms with van der Waals surface area (Å²) in [6.45, 7) is 0. The highest BCUT2D eigenvalue weighted by Gasteiger charge is 2.22. The molecule has 0 N–H and O–H groups in total. The number of benzene rings is 3. The van der Waals surface area contributed by atoms with E-state index in [0.717, 1.165) is 25.3 Å². The lowest BCUT2D eigenvalue weighted by Crippen LogP contribution is -2.14. The van der Waals surface area contributed by atoms with Gasteiger partial charge in [-0.15, -0.1) is 0 Å². The Morgan fingerprint density at radius 1 is 0.760 bits per heavy atom. The minimum atomic E-state index is -3.56. The molecule has 0 aliphatic heterocycles. The van der Waals surface area contributed by atoms with Crippen molar-refractivity contribution >= 4 is 63.7 Å². The normalized spacial score (nSPS) is 12.1. The molecule has 0 radical (unpaired) electrons. The topological polar surface area (TPSA) is 39.1 Å². The molecule has 0 spiro atoms. The van der Waals surface area contributed by atoms with Crippen molar-refractivity contribution in [3.8, 4) is 0 Å². The number of hydrogen-bond donors (Lipinski definition) is 0. The van der Waals surface area contributed by atoms with Gasteiger partial charge in [-0.05, 0) is 42.0 Å². The largest absolute Gasteiger partial charge is 0.243 e. The molecule has 25 heavy (non-hydrogen) atoms. The molecule has 1 heterocycles. The Hall–Kier alpha value is -1.63. The van der Waals surface area contributed by atoms with Gasteiger partial charge in [-0.1, -0.05) is 62.2 Å². The van der Waals surface area contributed by atoms with E-state index in [4.69, 9.17) is 0 Å². The third-order valence-electron chi connectivity index (χ3n) is 4.12. The van der Waals surface area contributed by atoms with Crippen LogP contribution in [-0.2, 0) is 15.8 Å². The Bertz CT molecular complexity index is 1140. The molecule has 0 saturated heterocycles. The van der Waals surface area contributed by atoms with Crippen molar-refractivity contribution in [2.24, 2.45) is 0 Å². The van der Waals surface area contributed by atoms with Gasteiger partial charge in [-0.25, -0.2) is 12.4 Å². The van der Waals surface area contributed by atoms with Crippen molar-refractivity contribution in [2.45, 2.75) is 5.75 Å². The smallest absolute Gasteiger partial charge is 0.237 e. The van der Waals surface area contributed by atoms with Gasteiger partial charge in [0.25, 0.3) is 0 Å². The minimum absolute atomic E-state index is 0.0428. The first-order valence-corrected chi connectivity index (χ1v) is 10.8. The number of nitrogens with zero attached hydrogens (tertiary/aromatic N) is 1. The van der Waals surface area contributed by atoms with Crippen LogP contribution in [-0.4, -0.2) is 12.4 Å². The van der Waals surface area contributed by atoms with Crippen molar-refractivity contribution in [1.82, 2.24) is 3.97 Å². The van der Waals surface area contributed by atoms with Gasteiger partial charge in [-0.2, -0.15) is 0 Å². The van der Waals surface area contributed by atoms with Crippen molar-refractivity contribution in [3.05, 3.63) is 81.2 Å². The van der Waals surface area contributed by atoms with E-state index in [1.165, 1.54) is 3.97 Å². The van der Waals surface area contributed by atoms with E-state index < -0.39 is 10.0 Å². The molecule has 1 aromatic heterocycles. The van der Waals surface area contributed by atoms with E-state index in [1.54, 1.807) is 0 Å². The Kier molecular flexibility index (Phi) is 4.22. The van der Waals surface area contributed by atoms with Gasteiger partial charge in [0.15, 0.2) is 0 Å². The molecular weight excluding hydrogens is 466 g/mol. The third kappa shape index (κ3) is 3.03. The molecule has 3 nitrogen and oxygen atoms in total. The molecule has 0 aliphatic carbocycles. The van der Waals surface area contributed by atoms with Gasteiger partial charge in [0.1, 0.15) is 0 Å². The molecule has 0 bridgehead atoms. The molecule has 0 atom stereocenters. The van der Waals surface area contributed by atoms with Crippen LogP contribution in [0.2, 0.25) is 0 Å². The number of hydrogen-bond acceptors (Lipinski definition) is 2. The van der Waals surface area contributed by atoms with E-state index in [2.05, 4.69) is 31.9 Å². The number of fused-ring (bicyclic) bond motifs is 3. The highest BCUT2D eigenvalue weighted by atomic mass is 79.9. The second-order valence-electron chi connectivity index (χ2n) is 5.83. The molecular formula is C19H13Br2NO2S. The summed E-state index contributed by atoms with van der Waals surface area (Å²) in [5, 5.41) is 1.81. The summed E-state index contributed by atoms with van der Waals surface area (Å²) < 4.78 is 29.7. The van der Waals surface area contributed by atoms with Crippen molar-refractivity contribution in [1.29, 1.82) is 0 Å². The molecule has 4 aromatic rings. The second-order valence-corrected chi connectivity index (χ2v) is 9.48. The molecule has 0 fully saturated rings. The van der Waals surface area contributed by atoms with Crippen molar-refractivity contribution in [3.63, 3.8) is 0 Å². The van der Waals surface area contributed by atoms with Crippen LogP contribution >= 0.6 is 31.9 Å². The van der Waals surface area contributed by atoms with E-state index in [9.17, 15) is 8.42 Å². The molecule has 126 valence electrons. The highest BCUT2D eigenvalue weighted by molar-refractivity contribution is 9.10. The summed E-state index contributed by atoms with van der Waals surface area (Å²) in [6, 6.07) is 20.6. The molecule has 4 rings (SSSR count). The summed E-state index contributed by atoms with van der Waals surface area (Å²) in [4.78, 5) is 0. The van der Waals surface area contributed by atoms with Crippen LogP contribution in [0.3, 0.4) is 0 Å². The van der Waals surface area contributed by atoms with Crippen LogP contribution in [0.5, 0.6) is 0 Å². The Morgan fingerprint density at radius 3 is 1.80 bits per heavy atom. The zero-order chi connectivity index (χ0) is 17.6. The minimum Gasteiger partial charge on any atom is -0.237 e. The van der Waals surface area contributed by atoms with Gasteiger partial charge >= 0.3 is 0 Å². The first-order valence-electron chi connectivity index (χ1n) is 7.62. The van der Waals surface area contributed by atoms with Crippen LogP contribution in [0.4, 0.5) is 0 Å². The Morgan fingerprint density at radius 2 is 1.28 bits per heavy atom. The lowest BCUT2D eigenvalue weighted by molar-refractivity contribution is 0.589. The SMILES string of the molecule is O=S(=O)(Cc1ccccc1)n1c2ccc(Br)cc2c2cc(Br)ccc21. The van der Waals surface area contributed by atoms with Gasteiger partial charge in [-0.3, -0.25) is 0 Å². The average Bonchev–Trinajstić information content (AvgIpc) is 2.89. The lowest BCUT2D eigenvalue weighted by atomic mass is 10.2.